The summed E-state index contributed by atoms with van der Waals surface area (Å²) in [6.07, 6.45) is 0. The molecule has 0 unspecified atom stereocenters. The van der Waals surface area contributed by atoms with Crippen LogP contribution < -0.4 is 5.56 Å². The summed E-state index contributed by atoms with van der Waals surface area (Å²) in [5, 5.41) is 2.55. The highest BCUT2D eigenvalue weighted by atomic mass is 32.1. The third kappa shape index (κ3) is 2.24. The summed E-state index contributed by atoms with van der Waals surface area (Å²) in [4.78, 5) is 20.7. The van der Waals surface area contributed by atoms with E-state index in [9.17, 15) is 4.79 Å². The fourth-order valence-electron chi connectivity index (χ4n) is 1.97. The average molecular weight is 289 g/mol. The van der Waals surface area contributed by atoms with Gasteiger partial charge in [-0.1, -0.05) is 6.07 Å². The lowest BCUT2D eigenvalue weighted by molar-refractivity contribution is 0.715. The molecule has 0 saturated heterocycles. The number of pyridine rings is 1. The van der Waals surface area contributed by atoms with Crippen molar-refractivity contribution in [3.8, 4) is 0 Å². The molecule has 3 aromatic heterocycles. The summed E-state index contributed by atoms with van der Waals surface area (Å²) in [6.45, 7) is 2.32. The minimum Gasteiger partial charge on any atom is -0.323 e. The zero-order valence-electron chi connectivity index (χ0n) is 10.2. The molecule has 0 aliphatic heterocycles. The Kier molecular flexibility index (Phi) is 3.04. The summed E-state index contributed by atoms with van der Waals surface area (Å²) in [5.74, 6) is 0. The first-order chi connectivity index (χ1) is 9.15. The third-order valence-electron chi connectivity index (χ3n) is 2.87. The summed E-state index contributed by atoms with van der Waals surface area (Å²) in [5.41, 5.74) is 1.69. The Hall–Kier alpha value is -1.79. The molecule has 0 amide bonds. The molecule has 0 saturated carbocycles. The Labute approximate surface area is 118 Å². The minimum absolute atomic E-state index is 0.0664. The van der Waals surface area contributed by atoms with Crippen LogP contribution in [0, 0.1) is 11.7 Å². The molecule has 6 heteroatoms. The second-order valence-electron chi connectivity index (χ2n) is 4.26. The predicted octanol–water partition coefficient (Wildman–Crippen LogP) is 2.87. The molecule has 3 heterocycles. The molecular formula is C13H11N3OS2. The van der Waals surface area contributed by atoms with Gasteiger partial charge in [0.05, 0.1) is 17.6 Å². The number of thiophene rings is 1. The fraction of sp³-hybridized carbons (Fsp3) is 0.154. The number of hydrogen-bond acceptors (Lipinski definition) is 4. The minimum atomic E-state index is -0.0664. The third-order valence-corrected chi connectivity index (χ3v) is 4.02. The molecule has 3 aromatic rings. The highest BCUT2D eigenvalue weighted by Gasteiger charge is 2.07. The molecule has 0 aliphatic carbocycles. The van der Waals surface area contributed by atoms with Crippen LogP contribution >= 0.6 is 23.6 Å². The Morgan fingerprint density at radius 3 is 3.05 bits per heavy atom. The largest absolute Gasteiger partial charge is 0.323 e. The van der Waals surface area contributed by atoms with E-state index in [0.29, 0.717) is 16.7 Å². The molecule has 0 spiro atoms. The van der Waals surface area contributed by atoms with Crippen molar-refractivity contribution in [1.29, 1.82) is 0 Å². The second kappa shape index (κ2) is 4.71. The van der Waals surface area contributed by atoms with Gasteiger partial charge in [0.25, 0.3) is 5.56 Å². The number of aromatic amines is 1. The first kappa shape index (κ1) is 12.3. The maximum absolute atomic E-state index is 12.4. The van der Waals surface area contributed by atoms with E-state index in [2.05, 4.69) is 9.97 Å². The molecule has 0 atom stereocenters. The van der Waals surface area contributed by atoms with Gasteiger partial charge in [0.1, 0.15) is 4.83 Å². The van der Waals surface area contributed by atoms with E-state index in [1.807, 2.05) is 36.6 Å². The van der Waals surface area contributed by atoms with E-state index >= 15 is 0 Å². The molecule has 0 aliphatic rings. The number of nitrogens with zero attached hydrogens (tertiary/aromatic N) is 2. The van der Waals surface area contributed by atoms with Crippen LogP contribution in [0.15, 0.2) is 34.4 Å². The van der Waals surface area contributed by atoms with E-state index in [1.54, 1.807) is 4.57 Å². The highest BCUT2D eigenvalue weighted by molar-refractivity contribution is 7.71. The Morgan fingerprint density at radius 2 is 2.26 bits per heavy atom. The monoisotopic (exact) mass is 289 g/mol. The van der Waals surface area contributed by atoms with Crippen molar-refractivity contribution in [3.63, 3.8) is 0 Å². The zero-order chi connectivity index (χ0) is 13.4. The molecule has 1 N–H and O–H groups in total. The van der Waals surface area contributed by atoms with Crippen LogP contribution in [0.3, 0.4) is 0 Å². The van der Waals surface area contributed by atoms with Gasteiger partial charge >= 0.3 is 0 Å². The summed E-state index contributed by atoms with van der Waals surface area (Å²) < 4.78 is 1.98. The van der Waals surface area contributed by atoms with Crippen LogP contribution in [-0.2, 0) is 6.54 Å². The molecule has 96 valence electrons. The van der Waals surface area contributed by atoms with E-state index in [4.69, 9.17) is 12.2 Å². The topological polar surface area (TPSA) is 50.7 Å². The number of aromatic nitrogens is 3. The van der Waals surface area contributed by atoms with Crippen molar-refractivity contribution in [3.05, 3.63) is 56.2 Å². The zero-order valence-corrected chi connectivity index (χ0v) is 11.8. The van der Waals surface area contributed by atoms with Crippen molar-refractivity contribution in [2.24, 2.45) is 0 Å². The lowest BCUT2D eigenvalue weighted by atomic mass is 10.3. The number of H-pyrrole nitrogens is 1. The van der Waals surface area contributed by atoms with Gasteiger partial charge in [0, 0.05) is 5.69 Å². The first-order valence-electron chi connectivity index (χ1n) is 5.78. The van der Waals surface area contributed by atoms with Crippen LogP contribution in [0.4, 0.5) is 0 Å². The normalized spacial score (nSPS) is 11.0. The van der Waals surface area contributed by atoms with Crippen molar-refractivity contribution < 1.29 is 0 Å². The number of fused-ring (bicyclic) bond motifs is 1. The van der Waals surface area contributed by atoms with Crippen LogP contribution in [0.25, 0.3) is 10.2 Å². The predicted molar refractivity (Wildman–Crippen MR) is 79.3 cm³/mol. The van der Waals surface area contributed by atoms with Crippen molar-refractivity contribution in [1.82, 2.24) is 14.5 Å². The van der Waals surface area contributed by atoms with Gasteiger partial charge in [-0.3, -0.25) is 14.3 Å². The highest BCUT2D eigenvalue weighted by Crippen LogP contribution is 2.14. The van der Waals surface area contributed by atoms with Gasteiger partial charge in [0.2, 0.25) is 0 Å². The number of hydrogen-bond donors (Lipinski definition) is 1. The van der Waals surface area contributed by atoms with E-state index in [0.717, 1.165) is 16.2 Å². The van der Waals surface area contributed by atoms with Crippen LogP contribution in [0.1, 0.15) is 11.4 Å². The molecule has 4 nitrogen and oxygen atoms in total. The quantitative estimate of drug-likeness (QED) is 0.738. The summed E-state index contributed by atoms with van der Waals surface area (Å²) >= 11 is 6.73. The molecular weight excluding hydrogens is 278 g/mol. The van der Waals surface area contributed by atoms with Gasteiger partial charge in [-0.2, -0.15) is 0 Å². The maximum atomic E-state index is 12.4. The number of nitrogens with one attached hydrogen (secondary N) is 1. The standard InChI is InChI=1S/C13H11N3OS2/c1-8-3-2-4-9(14-8)7-16-12(17)10-5-6-19-11(10)15-13(16)18/h2-6H,7H2,1H3,(H,15,18). The number of rotatable bonds is 2. The lowest BCUT2D eigenvalue weighted by Gasteiger charge is -2.06. The fourth-order valence-corrected chi connectivity index (χ4v) is 3.06. The summed E-state index contributed by atoms with van der Waals surface area (Å²) in [7, 11) is 0. The Morgan fingerprint density at radius 1 is 1.42 bits per heavy atom. The molecule has 3 rings (SSSR count). The summed E-state index contributed by atoms with van der Waals surface area (Å²) in [6, 6.07) is 7.56. The van der Waals surface area contributed by atoms with Crippen molar-refractivity contribution >= 4 is 33.8 Å². The Balaban J connectivity index is 2.15. The first-order valence-corrected chi connectivity index (χ1v) is 7.07. The maximum Gasteiger partial charge on any atom is 0.263 e. The number of aryl methyl sites for hydroxylation is 1. The van der Waals surface area contributed by atoms with Gasteiger partial charge in [0.15, 0.2) is 4.77 Å². The van der Waals surface area contributed by atoms with Gasteiger partial charge in [-0.15, -0.1) is 11.3 Å². The van der Waals surface area contributed by atoms with Gasteiger partial charge in [-0.05, 0) is 42.7 Å². The van der Waals surface area contributed by atoms with Crippen molar-refractivity contribution in [2.75, 3.05) is 0 Å². The van der Waals surface area contributed by atoms with Crippen LogP contribution in [0.5, 0.6) is 0 Å². The SMILES string of the molecule is Cc1cccc(Cn2c(=S)[nH]c3sccc3c2=O)n1. The van der Waals surface area contributed by atoms with Gasteiger partial charge in [-0.25, -0.2) is 0 Å². The van der Waals surface area contributed by atoms with Gasteiger partial charge < -0.3 is 4.98 Å². The average Bonchev–Trinajstić information content (AvgIpc) is 2.83. The van der Waals surface area contributed by atoms with E-state index in [1.165, 1.54) is 11.3 Å². The van der Waals surface area contributed by atoms with Crippen molar-refractivity contribution in [2.45, 2.75) is 13.5 Å². The molecule has 19 heavy (non-hydrogen) atoms. The molecule has 0 fully saturated rings. The van der Waals surface area contributed by atoms with E-state index in [-0.39, 0.29) is 5.56 Å². The van der Waals surface area contributed by atoms with E-state index < -0.39 is 0 Å². The lowest BCUT2D eigenvalue weighted by Crippen LogP contribution is -2.22. The molecule has 0 aromatic carbocycles. The Bertz CT molecular complexity index is 860. The molecule has 0 radical (unpaired) electrons. The smallest absolute Gasteiger partial charge is 0.263 e. The van der Waals surface area contributed by atoms with Crippen LogP contribution in [-0.4, -0.2) is 14.5 Å². The second-order valence-corrected chi connectivity index (χ2v) is 5.56. The van der Waals surface area contributed by atoms with Crippen LogP contribution in [0.2, 0.25) is 0 Å². The molecule has 0 bridgehead atoms.